The molecule has 0 aliphatic carbocycles. The Morgan fingerprint density at radius 2 is 1.86 bits per heavy atom. The highest BCUT2D eigenvalue weighted by Crippen LogP contribution is 2.31. The van der Waals surface area contributed by atoms with Crippen molar-refractivity contribution >= 4 is 35.1 Å². The van der Waals surface area contributed by atoms with Gasteiger partial charge >= 0.3 is 0 Å². The third-order valence-corrected chi connectivity index (χ3v) is 6.25. The average molecular weight is 512 g/mol. The van der Waals surface area contributed by atoms with Gasteiger partial charge in [-0.25, -0.2) is 9.37 Å². The second-order valence-electron chi connectivity index (χ2n) is 8.89. The van der Waals surface area contributed by atoms with Gasteiger partial charge in [-0.05, 0) is 67.6 Å². The summed E-state index contributed by atoms with van der Waals surface area (Å²) < 4.78 is 19.1. The second kappa shape index (κ2) is 13.1. The van der Waals surface area contributed by atoms with Crippen LogP contribution in [0.2, 0.25) is 0 Å². The van der Waals surface area contributed by atoms with Gasteiger partial charge in [0.05, 0.1) is 7.11 Å². The standard InChI is InChI=1S/C27H34FN5O2S/c1-6-13-29-26(34)23(14-17(2)3)31-27-32-24(30-22-15-19(28)8-7-18(22)4)16-25(33-27)36-21-11-9-20(35-5)10-12-21/h7-12,15-17,23H,6,13-14H2,1-5H3,(H,29,34)(H2,30,31,32,33)/t23-/m0/s1. The van der Waals surface area contributed by atoms with E-state index in [9.17, 15) is 9.18 Å². The lowest BCUT2D eigenvalue weighted by Crippen LogP contribution is -2.41. The zero-order valence-electron chi connectivity index (χ0n) is 21.4. The predicted molar refractivity (Wildman–Crippen MR) is 144 cm³/mol. The lowest BCUT2D eigenvalue weighted by Gasteiger charge is -2.21. The molecule has 7 nitrogen and oxygen atoms in total. The summed E-state index contributed by atoms with van der Waals surface area (Å²) in [7, 11) is 1.63. The molecule has 192 valence electrons. The molecular formula is C27H34FN5O2S. The number of carbonyl (C=O) groups is 1. The fourth-order valence-corrected chi connectivity index (χ4v) is 4.28. The Bertz CT molecular complexity index is 1160. The average Bonchev–Trinajstić information content (AvgIpc) is 2.84. The number of carbonyl (C=O) groups excluding carboxylic acids is 1. The zero-order valence-corrected chi connectivity index (χ0v) is 22.2. The number of hydrogen-bond acceptors (Lipinski definition) is 7. The normalized spacial score (nSPS) is 11.8. The molecule has 1 atom stereocenters. The van der Waals surface area contributed by atoms with Gasteiger partial charge in [0.2, 0.25) is 11.9 Å². The number of nitrogens with zero attached hydrogens (tertiary/aromatic N) is 2. The Morgan fingerprint density at radius 1 is 1.11 bits per heavy atom. The molecule has 0 spiro atoms. The molecule has 2 aromatic carbocycles. The van der Waals surface area contributed by atoms with E-state index in [0.717, 1.165) is 22.6 Å². The van der Waals surface area contributed by atoms with Gasteiger partial charge in [-0.1, -0.05) is 38.6 Å². The van der Waals surface area contributed by atoms with Crippen molar-refractivity contribution < 1.29 is 13.9 Å². The van der Waals surface area contributed by atoms with Crippen LogP contribution in [0.15, 0.2) is 58.5 Å². The van der Waals surface area contributed by atoms with Crippen LogP contribution < -0.4 is 20.7 Å². The number of nitrogens with one attached hydrogen (secondary N) is 3. The van der Waals surface area contributed by atoms with E-state index >= 15 is 0 Å². The van der Waals surface area contributed by atoms with Gasteiger partial charge in [0.15, 0.2) is 0 Å². The largest absolute Gasteiger partial charge is 0.497 e. The van der Waals surface area contributed by atoms with E-state index in [1.807, 2.05) is 38.1 Å². The minimum atomic E-state index is -0.485. The minimum Gasteiger partial charge on any atom is -0.497 e. The molecule has 3 aromatic rings. The zero-order chi connectivity index (χ0) is 26.1. The molecule has 1 aromatic heterocycles. The number of benzene rings is 2. The molecule has 0 unspecified atom stereocenters. The van der Waals surface area contributed by atoms with E-state index < -0.39 is 6.04 Å². The molecule has 0 bridgehead atoms. The quantitative estimate of drug-likeness (QED) is 0.250. The maximum atomic E-state index is 13.9. The van der Waals surface area contributed by atoms with Crippen molar-refractivity contribution in [3.63, 3.8) is 0 Å². The number of rotatable bonds is 12. The fraction of sp³-hybridized carbons (Fsp3) is 0.370. The summed E-state index contributed by atoms with van der Waals surface area (Å²) in [5, 5.41) is 10.1. The van der Waals surface area contributed by atoms with Crippen molar-refractivity contribution in [1.82, 2.24) is 15.3 Å². The summed E-state index contributed by atoms with van der Waals surface area (Å²) in [6, 6.07) is 13.5. The van der Waals surface area contributed by atoms with Gasteiger partial charge in [-0.15, -0.1) is 0 Å². The van der Waals surface area contributed by atoms with Crippen LogP contribution in [0.5, 0.6) is 5.75 Å². The fourth-order valence-electron chi connectivity index (χ4n) is 3.47. The van der Waals surface area contributed by atoms with Crippen LogP contribution in [0.25, 0.3) is 0 Å². The monoisotopic (exact) mass is 511 g/mol. The van der Waals surface area contributed by atoms with Crippen LogP contribution in [0.3, 0.4) is 0 Å². The van der Waals surface area contributed by atoms with Gasteiger partial charge in [0.25, 0.3) is 0 Å². The highest BCUT2D eigenvalue weighted by Gasteiger charge is 2.21. The molecule has 0 aliphatic heterocycles. The molecule has 1 amide bonds. The summed E-state index contributed by atoms with van der Waals surface area (Å²) in [5.41, 5.74) is 1.49. The predicted octanol–water partition coefficient (Wildman–Crippen LogP) is 6.18. The Hall–Kier alpha value is -3.33. The number of amides is 1. The van der Waals surface area contributed by atoms with Crippen LogP contribution in [-0.4, -0.2) is 35.6 Å². The number of halogens is 1. The maximum absolute atomic E-state index is 13.9. The summed E-state index contributed by atoms with van der Waals surface area (Å²) >= 11 is 1.46. The summed E-state index contributed by atoms with van der Waals surface area (Å²) in [4.78, 5) is 23.1. The van der Waals surface area contributed by atoms with Gasteiger partial charge in [0, 0.05) is 23.2 Å². The number of methoxy groups -OCH3 is 1. The maximum Gasteiger partial charge on any atom is 0.242 e. The Kier molecular flexibility index (Phi) is 9.93. The molecule has 0 saturated heterocycles. The summed E-state index contributed by atoms with van der Waals surface area (Å²) in [6.07, 6.45) is 1.48. The molecule has 3 rings (SSSR count). The van der Waals surface area contributed by atoms with E-state index in [4.69, 9.17) is 4.74 Å². The first kappa shape index (κ1) is 27.3. The number of aromatic nitrogens is 2. The molecule has 36 heavy (non-hydrogen) atoms. The van der Waals surface area contributed by atoms with Crippen LogP contribution in [0.1, 0.15) is 39.2 Å². The highest BCUT2D eigenvalue weighted by molar-refractivity contribution is 7.99. The second-order valence-corrected chi connectivity index (χ2v) is 9.99. The first-order chi connectivity index (χ1) is 17.3. The SMILES string of the molecule is CCCNC(=O)[C@H](CC(C)C)Nc1nc(Nc2cc(F)ccc2C)cc(Sc2ccc(OC)cc2)n1. The molecule has 0 radical (unpaired) electrons. The molecule has 9 heteroatoms. The van der Waals surface area contributed by atoms with Crippen molar-refractivity contribution in [2.24, 2.45) is 5.92 Å². The van der Waals surface area contributed by atoms with Gasteiger partial charge in [-0.2, -0.15) is 4.98 Å². The van der Waals surface area contributed by atoms with Crippen LogP contribution in [0, 0.1) is 18.7 Å². The topological polar surface area (TPSA) is 88.2 Å². The van der Waals surface area contributed by atoms with Crippen molar-refractivity contribution in [2.75, 3.05) is 24.3 Å². The van der Waals surface area contributed by atoms with Crippen molar-refractivity contribution in [1.29, 1.82) is 0 Å². The van der Waals surface area contributed by atoms with Crippen molar-refractivity contribution in [3.05, 3.63) is 59.9 Å². The van der Waals surface area contributed by atoms with E-state index in [1.54, 1.807) is 19.2 Å². The molecular weight excluding hydrogens is 477 g/mol. The Morgan fingerprint density at radius 3 is 2.53 bits per heavy atom. The van der Waals surface area contributed by atoms with E-state index in [1.165, 1.54) is 23.9 Å². The third-order valence-electron chi connectivity index (χ3n) is 5.32. The highest BCUT2D eigenvalue weighted by atomic mass is 32.2. The van der Waals surface area contributed by atoms with Gasteiger partial charge in [-0.3, -0.25) is 4.79 Å². The van der Waals surface area contributed by atoms with Crippen LogP contribution in [0.4, 0.5) is 21.8 Å². The molecule has 0 fully saturated rings. The number of ether oxygens (including phenoxy) is 1. The Balaban J connectivity index is 1.94. The summed E-state index contributed by atoms with van der Waals surface area (Å²) in [5.74, 6) is 1.45. The van der Waals surface area contributed by atoms with Crippen LogP contribution in [-0.2, 0) is 4.79 Å². The van der Waals surface area contributed by atoms with Crippen molar-refractivity contribution in [2.45, 2.75) is 56.5 Å². The van der Waals surface area contributed by atoms with E-state index in [-0.39, 0.29) is 11.7 Å². The number of hydrogen-bond donors (Lipinski definition) is 3. The third kappa shape index (κ3) is 8.12. The minimum absolute atomic E-state index is 0.0853. The first-order valence-electron chi connectivity index (χ1n) is 12.1. The van der Waals surface area contributed by atoms with Gasteiger partial charge < -0.3 is 20.7 Å². The van der Waals surface area contributed by atoms with E-state index in [2.05, 4.69) is 39.8 Å². The number of aryl methyl sites for hydroxylation is 1. The number of anilines is 3. The molecule has 3 N–H and O–H groups in total. The summed E-state index contributed by atoms with van der Waals surface area (Å²) in [6.45, 7) is 8.65. The lowest BCUT2D eigenvalue weighted by atomic mass is 10.0. The van der Waals surface area contributed by atoms with Crippen molar-refractivity contribution in [3.8, 4) is 5.75 Å². The van der Waals surface area contributed by atoms with Crippen LogP contribution >= 0.6 is 11.8 Å². The lowest BCUT2D eigenvalue weighted by molar-refractivity contribution is -0.122. The van der Waals surface area contributed by atoms with E-state index in [0.29, 0.717) is 41.4 Å². The molecule has 0 aliphatic rings. The molecule has 0 saturated carbocycles. The smallest absolute Gasteiger partial charge is 0.242 e. The first-order valence-corrected chi connectivity index (χ1v) is 12.9. The van der Waals surface area contributed by atoms with Gasteiger partial charge in [0.1, 0.15) is 28.5 Å². The Labute approximate surface area is 216 Å². The molecule has 1 heterocycles.